The summed E-state index contributed by atoms with van der Waals surface area (Å²) in [6, 6.07) is 7.71. The van der Waals surface area contributed by atoms with E-state index in [-0.39, 0.29) is 5.82 Å². The van der Waals surface area contributed by atoms with Crippen LogP contribution >= 0.6 is 0 Å². The SMILES string of the molecule is NC(=O)C1(NC(=O)c2cncc(-c3cccc(F)c3)c2)CCCCC1. The summed E-state index contributed by atoms with van der Waals surface area (Å²) in [7, 11) is 0. The lowest BCUT2D eigenvalue weighted by Crippen LogP contribution is -2.58. The number of halogens is 1. The highest BCUT2D eigenvalue weighted by Crippen LogP contribution is 2.28. The third-order valence-corrected chi connectivity index (χ3v) is 4.69. The lowest BCUT2D eigenvalue weighted by atomic mass is 9.81. The van der Waals surface area contributed by atoms with E-state index in [1.807, 2.05) is 0 Å². The number of carbonyl (C=O) groups is 2. The van der Waals surface area contributed by atoms with E-state index in [0.717, 1.165) is 19.3 Å². The van der Waals surface area contributed by atoms with Crippen molar-refractivity contribution in [3.05, 3.63) is 54.1 Å². The summed E-state index contributed by atoms with van der Waals surface area (Å²) in [5.41, 5.74) is 6.13. The molecule has 130 valence electrons. The normalized spacial score (nSPS) is 16.2. The van der Waals surface area contributed by atoms with E-state index < -0.39 is 17.4 Å². The van der Waals surface area contributed by atoms with Gasteiger partial charge in [-0.15, -0.1) is 0 Å². The number of amides is 2. The van der Waals surface area contributed by atoms with Crippen molar-refractivity contribution in [2.75, 3.05) is 0 Å². The smallest absolute Gasteiger partial charge is 0.253 e. The number of aromatic nitrogens is 1. The van der Waals surface area contributed by atoms with Crippen LogP contribution in [-0.2, 0) is 4.79 Å². The second kappa shape index (κ2) is 7.01. The lowest BCUT2D eigenvalue weighted by molar-refractivity contribution is -0.125. The van der Waals surface area contributed by atoms with Crippen LogP contribution in [0.1, 0.15) is 42.5 Å². The van der Waals surface area contributed by atoms with Crippen LogP contribution in [0.2, 0.25) is 0 Å². The van der Waals surface area contributed by atoms with Gasteiger partial charge in [0.15, 0.2) is 0 Å². The van der Waals surface area contributed by atoms with Crippen molar-refractivity contribution < 1.29 is 14.0 Å². The van der Waals surface area contributed by atoms with E-state index in [2.05, 4.69) is 10.3 Å². The first-order valence-corrected chi connectivity index (χ1v) is 8.34. The first-order valence-electron chi connectivity index (χ1n) is 8.34. The molecule has 1 aliphatic rings. The number of nitrogens with zero attached hydrogens (tertiary/aromatic N) is 1. The second-order valence-electron chi connectivity index (χ2n) is 6.43. The minimum absolute atomic E-state index is 0.313. The molecule has 0 bridgehead atoms. The van der Waals surface area contributed by atoms with Gasteiger partial charge in [-0.25, -0.2) is 4.39 Å². The van der Waals surface area contributed by atoms with E-state index in [1.54, 1.807) is 24.4 Å². The molecule has 3 N–H and O–H groups in total. The first-order chi connectivity index (χ1) is 12.0. The fourth-order valence-electron chi connectivity index (χ4n) is 3.27. The summed E-state index contributed by atoms with van der Waals surface area (Å²) in [4.78, 5) is 28.6. The lowest BCUT2D eigenvalue weighted by Gasteiger charge is -2.35. The van der Waals surface area contributed by atoms with Crippen molar-refractivity contribution in [2.45, 2.75) is 37.6 Å². The molecule has 3 rings (SSSR count). The molecule has 5 nitrogen and oxygen atoms in total. The van der Waals surface area contributed by atoms with Crippen LogP contribution in [0.4, 0.5) is 4.39 Å². The molecule has 0 spiro atoms. The summed E-state index contributed by atoms with van der Waals surface area (Å²) >= 11 is 0. The van der Waals surface area contributed by atoms with Crippen molar-refractivity contribution in [2.24, 2.45) is 5.73 Å². The number of nitrogens with two attached hydrogens (primary N) is 1. The van der Waals surface area contributed by atoms with Gasteiger partial charge < -0.3 is 11.1 Å². The highest BCUT2D eigenvalue weighted by atomic mass is 19.1. The van der Waals surface area contributed by atoms with Gasteiger partial charge in [0.1, 0.15) is 11.4 Å². The standard InChI is InChI=1S/C19H20FN3O2/c20-16-6-4-5-13(10-16)14-9-15(12-22-11-14)17(24)23-19(18(21)25)7-2-1-3-8-19/h4-6,9-12H,1-3,7-8H2,(H2,21,25)(H,23,24). The number of benzene rings is 1. The zero-order valence-electron chi connectivity index (χ0n) is 13.8. The van der Waals surface area contributed by atoms with Gasteiger partial charge in [0.25, 0.3) is 5.91 Å². The van der Waals surface area contributed by atoms with Gasteiger partial charge in [-0.3, -0.25) is 14.6 Å². The fourth-order valence-corrected chi connectivity index (χ4v) is 3.27. The average Bonchev–Trinajstić information content (AvgIpc) is 2.62. The molecule has 0 atom stereocenters. The Hall–Kier alpha value is -2.76. The van der Waals surface area contributed by atoms with E-state index in [4.69, 9.17) is 5.73 Å². The van der Waals surface area contributed by atoms with Crippen molar-refractivity contribution >= 4 is 11.8 Å². The Balaban J connectivity index is 1.85. The third-order valence-electron chi connectivity index (χ3n) is 4.69. The van der Waals surface area contributed by atoms with Gasteiger partial charge in [0.05, 0.1) is 5.56 Å². The van der Waals surface area contributed by atoms with Crippen molar-refractivity contribution in [3.63, 3.8) is 0 Å². The molecule has 1 aromatic carbocycles. The van der Waals surface area contributed by atoms with Gasteiger partial charge in [-0.05, 0) is 36.6 Å². The van der Waals surface area contributed by atoms with Crippen LogP contribution in [0.5, 0.6) is 0 Å². The summed E-state index contributed by atoms with van der Waals surface area (Å²) in [5, 5.41) is 2.81. The summed E-state index contributed by atoms with van der Waals surface area (Å²) < 4.78 is 13.4. The Morgan fingerprint density at radius 1 is 1.08 bits per heavy atom. The molecule has 0 unspecified atom stereocenters. The van der Waals surface area contributed by atoms with Gasteiger partial charge in [0, 0.05) is 18.0 Å². The van der Waals surface area contributed by atoms with Gasteiger partial charge >= 0.3 is 0 Å². The molecule has 0 aliphatic heterocycles. The first kappa shape index (κ1) is 17.1. The number of primary amides is 1. The maximum absolute atomic E-state index is 13.4. The Morgan fingerprint density at radius 3 is 2.52 bits per heavy atom. The summed E-state index contributed by atoms with van der Waals surface area (Å²) in [6.07, 6.45) is 6.82. The van der Waals surface area contributed by atoms with E-state index in [1.165, 1.54) is 18.3 Å². The molecule has 1 saturated carbocycles. The average molecular weight is 341 g/mol. The monoisotopic (exact) mass is 341 g/mol. The summed E-state index contributed by atoms with van der Waals surface area (Å²) in [5.74, 6) is -1.26. The van der Waals surface area contributed by atoms with E-state index >= 15 is 0 Å². The van der Waals surface area contributed by atoms with E-state index in [0.29, 0.717) is 29.5 Å². The van der Waals surface area contributed by atoms with Gasteiger partial charge in [-0.2, -0.15) is 0 Å². The van der Waals surface area contributed by atoms with Crippen LogP contribution in [0.3, 0.4) is 0 Å². The van der Waals surface area contributed by atoms with Crippen LogP contribution in [0.15, 0.2) is 42.7 Å². The number of hydrogen-bond acceptors (Lipinski definition) is 3. The Morgan fingerprint density at radius 2 is 1.84 bits per heavy atom. The Kier molecular flexibility index (Phi) is 4.79. The molecular weight excluding hydrogens is 321 g/mol. The van der Waals surface area contributed by atoms with Crippen LogP contribution in [0.25, 0.3) is 11.1 Å². The van der Waals surface area contributed by atoms with Crippen molar-refractivity contribution in [1.29, 1.82) is 0 Å². The summed E-state index contributed by atoms with van der Waals surface area (Å²) in [6.45, 7) is 0. The maximum atomic E-state index is 13.4. The molecule has 2 aromatic rings. The second-order valence-corrected chi connectivity index (χ2v) is 6.43. The molecule has 1 aromatic heterocycles. The van der Waals surface area contributed by atoms with Gasteiger partial charge in [-0.1, -0.05) is 31.4 Å². The number of hydrogen-bond donors (Lipinski definition) is 2. The predicted octanol–water partition coefficient (Wildman–Crippen LogP) is 2.81. The molecule has 2 amide bonds. The van der Waals surface area contributed by atoms with Crippen LogP contribution < -0.4 is 11.1 Å². The number of carbonyl (C=O) groups excluding carboxylic acids is 2. The predicted molar refractivity (Wildman–Crippen MR) is 92.1 cm³/mol. The number of pyridine rings is 1. The molecule has 0 radical (unpaired) electrons. The fraction of sp³-hybridized carbons (Fsp3) is 0.316. The molecule has 1 heterocycles. The Labute approximate surface area is 145 Å². The topological polar surface area (TPSA) is 85.1 Å². The maximum Gasteiger partial charge on any atom is 0.253 e. The quantitative estimate of drug-likeness (QED) is 0.897. The molecule has 6 heteroatoms. The zero-order chi connectivity index (χ0) is 17.9. The van der Waals surface area contributed by atoms with Crippen LogP contribution in [0, 0.1) is 5.82 Å². The van der Waals surface area contributed by atoms with Gasteiger partial charge in [0.2, 0.25) is 5.91 Å². The van der Waals surface area contributed by atoms with E-state index in [9.17, 15) is 14.0 Å². The largest absolute Gasteiger partial charge is 0.368 e. The molecule has 0 saturated heterocycles. The minimum atomic E-state index is -0.996. The molecule has 25 heavy (non-hydrogen) atoms. The minimum Gasteiger partial charge on any atom is -0.368 e. The van der Waals surface area contributed by atoms with Crippen LogP contribution in [-0.4, -0.2) is 22.3 Å². The highest BCUT2D eigenvalue weighted by molar-refractivity contribution is 5.99. The zero-order valence-corrected chi connectivity index (χ0v) is 13.8. The molecule has 1 fully saturated rings. The Bertz CT molecular complexity index is 801. The third kappa shape index (κ3) is 3.68. The van der Waals surface area contributed by atoms with Crippen molar-refractivity contribution in [1.82, 2.24) is 10.3 Å². The van der Waals surface area contributed by atoms with Crippen molar-refractivity contribution in [3.8, 4) is 11.1 Å². The number of nitrogens with one attached hydrogen (secondary N) is 1. The highest BCUT2D eigenvalue weighted by Gasteiger charge is 2.39. The molecule has 1 aliphatic carbocycles. The molecular formula is C19H20FN3O2. The number of rotatable bonds is 4.